The lowest BCUT2D eigenvalue weighted by Gasteiger charge is -2.10. The Balaban J connectivity index is 2.39. The molecule has 0 atom stereocenters. The third kappa shape index (κ3) is 2.37. The number of anilines is 1. The van der Waals surface area contributed by atoms with Crippen molar-refractivity contribution in [2.45, 2.75) is 0 Å². The van der Waals surface area contributed by atoms with Crippen molar-refractivity contribution in [3.05, 3.63) is 57.1 Å². The minimum atomic E-state index is -0.169. The van der Waals surface area contributed by atoms with Crippen LogP contribution in [0.25, 0.3) is 22.0 Å². The van der Waals surface area contributed by atoms with Crippen LogP contribution in [0.2, 0.25) is 10.2 Å². The summed E-state index contributed by atoms with van der Waals surface area (Å²) in [6.07, 6.45) is 1.63. The Morgan fingerprint density at radius 2 is 1.90 bits per heavy atom. The first-order chi connectivity index (χ1) is 9.97. The van der Waals surface area contributed by atoms with Crippen LogP contribution in [-0.4, -0.2) is 9.55 Å². The van der Waals surface area contributed by atoms with E-state index < -0.39 is 0 Å². The summed E-state index contributed by atoms with van der Waals surface area (Å²) in [5.74, 6) is 0. The van der Waals surface area contributed by atoms with Crippen molar-refractivity contribution in [1.29, 1.82) is 0 Å². The maximum atomic E-state index is 12.6. The molecule has 2 heterocycles. The zero-order valence-electron chi connectivity index (χ0n) is 11.1. The van der Waals surface area contributed by atoms with E-state index in [-0.39, 0.29) is 5.56 Å². The third-order valence-electron chi connectivity index (χ3n) is 3.36. The van der Waals surface area contributed by atoms with Gasteiger partial charge in [-0.3, -0.25) is 4.79 Å². The number of halogens is 2. The molecule has 0 aliphatic heterocycles. The van der Waals surface area contributed by atoms with Crippen LogP contribution in [0.3, 0.4) is 0 Å². The van der Waals surface area contributed by atoms with E-state index in [0.29, 0.717) is 32.5 Å². The van der Waals surface area contributed by atoms with Gasteiger partial charge in [-0.05, 0) is 30.3 Å². The highest BCUT2D eigenvalue weighted by Gasteiger charge is 2.12. The molecule has 0 bridgehead atoms. The average molecular weight is 320 g/mol. The Kier molecular flexibility index (Phi) is 3.35. The van der Waals surface area contributed by atoms with Crippen LogP contribution in [-0.2, 0) is 7.05 Å². The molecule has 0 fully saturated rings. The summed E-state index contributed by atoms with van der Waals surface area (Å²) in [5, 5.41) is 1.62. The fourth-order valence-electron chi connectivity index (χ4n) is 2.28. The Bertz CT molecular complexity index is 919. The highest BCUT2D eigenvalue weighted by atomic mass is 35.5. The topological polar surface area (TPSA) is 60.9 Å². The van der Waals surface area contributed by atoms with Crippen molar-refractivity contribution in [3.63, 3.8) is 0 Å². The van der Waals surface area contributed by atoms with Gasteiger partial charge >= 0.3 is 0 Å². The highest BCUT2D eigenvalue weighted by Crippen LogP contribution is 2.29. The van der Waals surface area contributed by atoms with E-state index in [1.807, 2.05) is 0 Å². The average Bonchev–Trinajstić information content (AvgIpc) is 2.46. The van der Waals surface area contributed by atoms with E-state index in [1.54, 1.807) is 43.6 Å². The van der Waals surface area contributed by atoms with E-state index in [1.165, 1.54) is 4.57 Å². The largest absolute Gasteiger partial charge is 0.399 e. The second-order valence-corrected chi connectivity index (χ2v) is 5.52. The molecule has 3 rings (SSSR count). The van der Waals surface area contributed by atoms with Crippen LogP contribution in [0.5, 0.6) is 0 Å². The van der Waals surface area contributed by atoms with Crippen molar-refractivity contribution < 1.29 is 0 Å². The molecule has 2 N–H and O–H groups in total. The number of benzene rings is 1. The first-order valence-corrected chi connectivity index (χ1v) is 6.93. The van der Waals surface area contributed by atoms with Gasteiger partial charge in [0.2, 0.25) is 0 Å². The number of aryl methyl sites for hydroxylation is 1. The third-order valence-corrected chi connectivity index (χ3v) is 3.89. The Morgan fingerprint density at radius 1 is 1.14 bits per heavy atom. The predicted octanol–water partition coefficient (Wildman–Crippen LogP) is 3.49. The van der Waals surface area contributed by atoms with Gasteiger partial charge in [-0.1, -0.05) is 23.2 Å². The number of nitrogens with zero attached hydrogens (tertiary/aromatic N) is 2. The zero-order chi connectivity index (χ0) is 15.1. The van der Waals surface area contributed by atoms with E-state index in [4.69, 9.17) is 28.9 Å². The lowest BCUT2D eigenvalue weighted by molar-refractivity contribution is 0.907. The molecule has 0 aliphatic rings. The van der Waals surface area contributed by atoms with Crippen LogP contribution in [0, 0.1) is 0 Å². The summed E-state index contributed by atoms with van der Waals surface area (Å²) < 4.78 is 1.53. The lowest BCUT2D eigenvalue weighted by atomic mass is 10.0. The van der Waals surface area contributed by atoms with Crippen LogP contribution in [0.1, 0.15) is 0 Å². The monoisotopic (exact) mass is 319 g/mol. The molecule has 106 valence electrons. The number of aromatic nitrogens is 2. The second-order valence-electron chi connectivity index (χ2n) is 4.73. The number of fused-ring (bicyclic) bond motifs is 1. The molecule has 0 spiro atoms. The molecule has 2 aromatic heterocycles. The molecule has 21 heavy (non-hydrogen) atoms. The standard InChI is InChI=1S/C15H11Cl2N3O/c1-20-13-6-14(17)19-7-8(13)4-11(15(20)21)10-5-9(18)2-3-12(10)16/h2-7H,18H2,1H3. The van der Waals surface area contributed by atoms with Gasteiger partial charge in [0, 0.05) is 40.5 Å². The van der Waals surface area contributed by atoms with Gasteiger partial charge in [-0.25, -0.2) is 4.98 Å². The van der Waals surface area contributed by atoms with Crippen molar-refractivity contribution in [1.82, 2.24) is 9.55 Å². The zero-order valence-corrected chi connectivity index (χ0v) is 12.6. The summed E-state index contributed by atoms with van der Waals surface area (Å²) in [6, 6.07) is 8.47. The fraction of sp³-hybridized carbons (Fsp3) is 0.0667. The first-order valence-electron chi connectivity index (χ1n) is 6.18. The molecular weight excluding hydrogens is 309 g/mol. The Hall–Kier alpha value is -2.04. The molecule has 0 saturated carbocycles. The molecule has 3 aromatic rings. The van der Waals surface area contributed by atoms with Gasteiger partial charge in [-0.2, -0.15) is 0 Å². The molecule has 0 unspecified atom stereocenters. The maximum Gasteiger partial charge on any atom is 0.258 e. The summed E-state index contributed by atoms with van der Waals surface area (Å²) in [7, 11) is 1.69. The Morgan fingerprint density at radius 3 is 2.67 bits per heavy atom. The van der Waals surface area contributed by atoms with Crippen molar-refractivity contribution in [2.24, 2.45) is 7.05 Å². The van der Waals surface area contributed by atoms with Crippen LogP contribution in [0.15, 0.2) is 41.3 Å². The van der Waals surface area contributed by atoms with Gasteiger partial charge < -0.3 is 10.3 Å². The molecular formula is C15H11Cl2N3O. The predicted molar refractivity (Wildman–Crippen MR) is 86.9 cm³/mol. The molecule has 6 heteroatoms. The van der Waals surface area contributed by atoms with Crippen LogP contribution in [0.4, 0.5) is 5.69 Å². The van der Waals surface area contributed by atoms with E-state index in [9.17, 15) is 4.79 Å². The summed E-state index contributed by atoms with van der Waals surface area (Å²) in [6.45, 7) is 0. The van der Waals surface area contributed by atoms with Crippen LogP contribution >= 0.6 is 23.2 Å². The van der Waals surface area contributed by atoms with Crippen molar-refractivity contribution in [2.75, 3.05) is 5.73 Å². The fourth-order valence-corrected chi connectivity index (χ4v) is 2.65. The lowest BCUT2D eigenvalue weighted by Crippen LogP contribution is -2.19. The number of nitrogen functional groups attached to an aromatic ring is 1. The summed E-state index contributed by atoms with van der Waals surface area (Å²) >= 11 is 12.1. The van der Waals surface area contributed by atoms with E-state index >= 15 is 0 Å². The van der Waals surface area contributed by atoms with Gasteiger partial charge in [-0.15, -0.1) is 0 Å². The van der Waals surface area contributed by atoms with Crippen molar-refractivity contribution >= 4 is 39.8 Å². The van der Waals surface area contributed by atoms with Gasteiger partial charge in [0.25, 0.3) is 5.56 Å². The summed E-state index contributed by atoms with van der Waals surface area (Å²) in [4.78, 5) is 16.6. The maximum absolute atomic E-state index is 12.6. The SMILES string of the molecule is Cn1c(=O)c(-c2cc(N)ccc2Cl)cc2cnc(Cl)cc21. The molecule has 4 nitrogen and oxygen atoms in total. The molecule has 1 aromatic carbocycles. The normalized spacial score (nSPS) is 11.0. The smallest absolute Gasteiger partial charge is 0.258 e. The molecule has 0 aliphatic carbocycles. The number of rotatable bonds is 1. The minimum absolute atomic E-state index is 0.169. The number of nitrogens with two attached hydrogens (primary N) is 1. The van der Waals surface area contributed by atoms with Crippen molar-refractivity contribution in [3.8, 4) is 11.1 Å². The second kappa shape index (κ2) is 5.06. The molecule has 0 radical (unpaired) electrons. The van der Waals surface area contributed by atoms with Crippen LogP contribution < -0.4 is 11.3 Å². The van der Waals surface area contributed by atoms with E-state index in [0.717, 1.165) is 5.39 Å². The first kappa shape index (κ1) is 13.9. The van der Waals surface area contributed by atoms with Gasteiger partial charge in [0.15, 0.2) is 0 Å². The number of hydrogen-bond acceptors (Lipinski definition) is 3. The Labute approximate surface area is 130 Å². The molecule has 0 amide bonds. The highest BCUT2D eigenvalue weighted by molar-refractivity contribution is 6.33. The minimum Gasteiger partial charge on any atom is -0.399 e. The summed E-state index contributed by atoms with van der Waals surface area (Å²) in [5.41, 5.74) is 7.96. The number of hydrogen-bond donors (Lipinski definition) is 1. The number of pyridine rings is 2. The van der Waals surface area contributed by atoms with E-state index in [2.05, 4.69) is 4.98 Å². The molecule has 0 saturated heterocycles. The quantitative estimate of drug-likeness (QED) is 0.551. The van der Waals surface area contributed by atoms with Gasteiger partial charge in [0.1, 0.15) is 5.15 Å². The van der Waals surface area contributed by atoms with Gasteiger partial charge in [0.05, 0.1) is 5.52 Å².